The van der Waals surface area contributed by atoms with Crippen molar-refractivity contribution < 1.29 is 14.0 Å². The van der Waals surface area contributed by atoms with Crippen molar-refractivity contribution in [2.45, 2.75) is 51.7 Å². The summed E-state index contributed by atoms with van der Waals surface area (Å²) in [6.07, 6.45) is 1.97. The first-order chi connectivity index (χ1) is 12.7. The van der Waals surface area contributed by atoms with Crippen molar-refractivity contribution in [2.24, 2.45) is 0 Å². The van der Waals surface area contributed by atoms with E-state index in [1.54, 1.807) is 36.4 Å². The Morgan fingerprint density at radius 2 is 1.56 bits per heavy atom. The molecule has 0 radical (unpaired) electrons. The van der Waals surface area contributed by atoms with Crippen LogP contribution in [0.15, 0.2) is 48.5 Å². The van der Waals surface area contributed by atoms with Crippen LogP contribution in [0.1, 0.15) is 59.9 Å². The van der Waals surface area contributed by atoms with Gasteiger partial charge >= 0.3 is 0 Å². The highest BCUT2D eigenvalue weighted by Gasteiger charge is 2.33. The van der Waals surface area contributed by atoms with E-state index in [0.29, 0.717) is 17.7 Å². The second-order valence-electron chi connectivity index (χ2n) is 8.07. The highest BCUT2D eigenvalue weighted by atomic mass is 19.1. The number of nitrogens with zero attached hydrogens (tertiary/aromatic N) is 1. The van der Waals surface area contributed by atoms with Crippen molar-refractivity contribution in [1.82, 2.24) is 10.2 Å². The van der Waals surface area contributed by atoms with Crippen LogP contribution in [0.4, 0.5) is 4.39 Å². The van der Waals surface area contributed by atoms with Gasteiger partial charge in [0.15, 0.2) is 0 Å². The van der Waals surface area contributed by atoms with Gasteiger partial charge in [0.2, 0.25) is 0 Å². The maximum absolute atomic E-state index is 13.1. The lowest BCUT2D eigenvalue weighted by Crippen LogP contribution is -2.40. The van der Waals surface area contributed by atoms with Crippen LogP contribution in [0.25, 0.3) is 0 Å². The normalized spacial score (nSPS) is 13.9. The predicted molar refractivity (Wildman–Crippen MR) is 103 cm³/mol. The zero-order valence-electron chi connectivity index (χ0n) is 16.0. The second-order valence-corrected chi connectivity index (χ2v) is 8.07. The number of hydrogen-bond donors (Lipinski definition) is 1. The summed E-state index contributed by atoms with van der Waals surface area (Å²) >= 11 is 0. The molecule has 142 valence electrons. The lowest BCUT2D eigenvalue weighted by atomic mass is 10.1. The molecule has 5 heteroatoms. The number of hydrogen-bond acceptors (Lipinski definition) is 2. The van der Waals surface area contributed by atoms with E-state index in [2.05, 4.69) is 5.32 Å². The van der Waals surface area contributed by atoms with Crippen LogP contribution < -0.4 is 5.32 Å². The predicted octanol–water partition coefficient (Wildman–Crippen LogP) is 4.16. The van der Waals surface area contributed by atoms with Crippen molar-refractivity contribution in [2.75, 3.05) is 0 Å². The summed E-state index contributed by atoms with van der Waals surface area (Å²) in [7, 11) is 0. The molecule has 0 heterocycles. The molecule has 0 atom stereocenters. The molecule has 4 nitrogen and oxygen atoms in total. The van der Waals surface area contributed by atoms with Crippen molar-refractivity contribution in [3.63, 3.8) is 0 Å². The van der Waals surface area contributed by atoms with E-state index in [4.69, 9.17) is 0 Å². The lowest BCUT2D eigenvalue weighted by molar-refractivity contribution is 0.0729. The molecule has 3 rings (SSSR count). The Balaban J connectivity index is 1.72. The Kier molecular flexibility index (Phi) is 5.31. The van der Waals surface area contributed by atoms with Crippen LogP contribution in [0.2, 0.25) is 0 Å². The average molecular weight is 368 g/mol. The Morgan fingerprint density at radius 1 is 1.00 bits per heavy atom. The van der Waals surface area contributed by atoms with Crippen LogP contribution in [-0.4, -0.2) is 28.3 Å². The smallest absolute Gasteiger partial charge is 0.254 e. The quantitative estimate of drug-likeness (QED) is 0.862. The van der Waals surface area contributed by atoms with Crippen LogP contribution in [0, 0.1) is 5.82 Å². The Morgan fingerprint density at radius 3 is 2.07 bits per heavy atom. The van der Waals surface area contributed by atoms with E-state index in [9.17, 15) is 14.0 Å². The third-order valence-electron chi connectivity index (χ3n) is 4.40. The third-order valence-corrected chi connectivity index (χ3v) is 4.40. The first-order valence-corrected chi connectivity index (χ1v) is 9.21. The minimum Gasteiger partial charge on any atom is -0.347 e. The fraction of sp³-hybridized carbons (Fsp3) is 0.364. The van der Waals surface area contributed by atoms with E-state index >= 15 is 0 Å². The highest BCUT2D eigenvalue weighted by molar-refractivity contribution is 5.98. The molecular formula is C22H25FN2O2. The Labute approximate surface area is 159 Å². The largest absolute Gasteiger partial charge is 0.347 e. The van der Waals surface area contributed by atoms with E-state index in [-0.39, 0.29) is 29.2 Å². The Bertz CT molecular complexity index is 819. The van der Waals surface area contributed by atoms with Crippen LogP contribution in [-0.2, 0) is 6.54 Å². The second kappa shape index (κ2) is 7.51. The SMILES string of the molecule is CC(C)(C)NC(=O)c1ccc(C(=O)N(Cc2ccc(F)cc2)C2CC2)cc1. The minimum atomic E-state index is -0.316. The van der Waals surface area contributed by atoms with Crippen molar-refractivity contribution in [1.29, 1.82) is 0 Å². The number of carbonyl (C=O) groups is 2. The molecule has 2 amide bonds. The molecule has 1 aliphatic carbocycles. The summed E-state index contributed by atoms with van der Waals surface area (Å²) in [5.41, 5.74) is 1.66. The first kappa shape index (κ1) is 19.1. The number of benzene rings is 2. The summed E-state index contributed by atoms with van der Waals surface area (Å²) in [4.78, 5) is 27.0. The molecule has 0 aromatic heterocycles. The van der Waals surface area contributed by atoms with Gasteiger partial charge in [0, 0.05) is 29.3 Å². The summed E-state index contributed by atoms with van der Waals surface area (Å²) in [5, 5.41) is 2.91. The van der Waals surface area contributed by atoms with Crippen LogP contribution >= 0.6 is 0 Å². The summed E-state index contributed by atoms with van der Waals surface area (Å²) in [6.45, 7) is 6.22. The van der Waals surface area contributed by atoms with Crippen LogP contribution in [0.3, 0.4) is 0 Å². The van der Waals surface area contributed by atoms with Gasteiger partial charge in [-0.3, -0.25) is 9.59 Å². The summed E-state index contributed by atoms with van der Waals surface area (Å²) in [6, 6.07) is 13.2. The monoisotopic (exact) mass is 368 g/mol. The molecule has 0 aliphatic heterocycles. The summed E-state index contributed by atoms with van der Waals surface area (Å²) in [5.74, 6) is -0.511. The molecule has 1 saturated carbocycles. The maximum atomic E-state index is 13.1. The fourth-order valence-electron chi connectivity index (χ4n) is 2.88. The number of amides is 2. The molecule has 0 unspecified atom stereocenters. The molecule has 0 saturated heterocycles. The van der Waals surface area contributed by atoms with Gasteiger partial charge in [-0.05, 0) is 75.6 Å². The number of halogens is 1. The van der Waals surface area contributed by atoms with Crippen molar-refractivity contribution in [3.8, 4) is 0 Å². The minimum absolute atomic E-state index is 0.0652. The number of carbonyl (C=O) groups excluding carboxylic acids is 2. The molecule has 1 aliphatic rings. The molecular weight excluding hydrogens is 343 g/mol. The number of rotatable bonds is 5. The van der Waals surface area contributed by atoms with Crippen molar-refractivity contribution in [3.05, 3.63) is 71.0 Å². The van der Waals surface area contributed by atoms with Gasteiger partial charge in [-0.25, -0.2) is 4.39 Å². The molecule has 1 fully saturated rings. The van der Waals surface area contributed by atoms with E-state index in [1.807, 2.05) is 25.7 Å². The highest BCUT2D eigenvalue weighted by Crippen LogP contribution is 2.30. The van der Waals surface area contributed by atoms with E-state index in [1.165, 1.54) is 12.1 Å². The molecule has 2 aromatic rings. The molecule has 2 aromatic carbocycles. The lowest BCUT2D eigenvalue weighted by Gasteiger charge is -2.23. The fourth-order valence-corrected chi connectivity index (χ4v) is 2.88. The summed E-state index contributed by atoms with van der Waals surface area (Å²) < 4.78 is 13.1. The van der Waals surface area contributed by atoms with E-state index < -0.39 is 0 Å². The number of nitrogens with one attached hydrogen (secondary N) is 1. The zero-order valence-corrected chi connectivity index (χ0v) is 16.0. The molecule has 27 heavy (non-hydrogen) atoms. The van der Waals surface area contributed by atoms with Gasteiger partial charge in [-0.2, -0.15) is 0 Å². The van der Waals surface area contributed by atoms with Gasteiger partial charge in [-0.1, -0.05) is 12.1 Å². The van der Waals surface area contributed by atoms with Crippen LogP contribution in [0.5, 0.6) is 0 Å². The van der Waals surface area contributed by atoms with Crippen molar-refractivity contribution >= 4 is 11.8 Å². The van der Waals surface area contributed by atoms with Gasteiger partial charge in [0.25, 0.3) is 11.8 Å². The van der Waals surface area contributed by atoms with E-state index in [0.717, 1.165) is 18.4 Å². The first-order valence-electron chi connectivity index (χ1n) is 9.21. The third kappa shape index (κ3) is 5.16. The molecule has 1 N–H and O–H groups in total. The standard InChI is InChI=1S/C22H25FN2O2/c1-22(2,3)24-20(26)16-6-8-17(9-7-16)21(27)25(19-12-13-19)14-15-4-10-18(23)11-5-15/h4-11,19H,12-14H2,1-3H3,(H,24,26). The Hall–Kier alpha value is -2.69. The average Bonchev–Trinajstić information content (AvgIpc) is 3.44. The maximum Gasteiger partial charge on any atom is 0.254 e. The molecule has 0 bridgehead atoms. The molecule has 0 spiro atoms. The van der Waals surface area contributed by atoms with Gasteiger partial charge in [0.1, 0.15) is 5.82 Å². The van der Waals surface area contributed by atoms with Gasteiger partial charge in [0.05, 0.1) is 0 Å². The van der Waals surface area contributed by atoms with Gasteiger partial charge in [-0.15, -0.1) is 0 Å². The topological polar surface area (TPSA) is 49.4 Å². The van der Waals surface area contributed by atoms with Gasteiger partial charge < -0.3 is 10.2 Å². The zero-order chi connectivity index (χ0) is 19.6.